The maximum absolute atomic E-state index is 12.3. The molecule has 0 bridgehead atoms. The summed E-state index contributed by atoms with van der Waals surface area (Å²) in [7, 11) is 0. The number of carbonyl (C=O) groups excluding carboxylic acids is 2. The number of ether oxygens (including phenoxy) is 1. The van der Waals surface area contributed by atoms with Crippen molar-refractivity contribution in [1.82, 2.24) is 0 Å². The van der Waals surface area contributed by atoms with Gasteiger partial charge in [-0.1, -0.05) is 23.7 Å². The van der Waals surface area contributed by atoms with E-state index in [2.05, 4.69) is 0 Å². The smallest absolute Gasteiger partial charge is 0.255 e. The molecule has 124 valence electrons. The molecule has 1 aliphatic rings. The van der Waals surface area contributed by atoms with Crippen LogP contribution in [0.1, 0.15) is 10.9 Å². The number of benzene rings is 2. The Hall–Kier alpha value is -2.18. The van der Waals surface area contributed by atoms with Crippen molar-refractivity contribution < 1.29 is 14.3 Å². The minimum atomic E-state index is -0.534. The highest BCUT2D eigenvalue weighted by Gasteiger charge is 2.34. The van der Waals surface area contributed by atoms with Crippen molar-refractivity contribution in [3.8, 4) is 5.75 Å². The van der Waals surface area contributed by atoms with Crippen molar-refractivity contribution in [2.45, 2.75) is 5.37 Å². The third-order valence-corrected chi connectivity index (χ3v) is 4.96. The molecule has 24 heavy (non-hydrogen) atoms. The second-order valence-corrected chi connectivity index (χ2v) is 6.74. The lowest BCUT2D eigenvalue weighted by atomic mass is 10.1. The summed E-state index contributed by atoms with van der Waals surface area (Å²) >= 11 is 7.47. The lowest BCUT2D eigenvalue weighted by Gasteiger charge is -2.24. The summed E-state index contributed by atoms with van der Waals surface area (Å²) in [5, 5.41) is 0.465. The molecule has 1 atom stereocenters. The predicted octanol–water partition coefficient (Wildman–Crippen LogP) is 2.98. The fourth-order valence-corrected chi connectivity index (χ4v) is 3.76. The SMILES string of the molecule is NC(=O)COc1cccc([C@H]2SCC(=O)N2c2ccc(Cl)cc2)c1. The van der Waals surface area contributed by atoms with Gasteiger partial charge in [-0.15, -0.1) is 11.8 Å². The van der Waals surface area contributed by atoms with Crippen LogP contribution in [0.3, 0.4) is 0 Å². The normalized spacial score (nSPS) is 17.1. The van der Waals surface area contributed by atoms with E-state index >= 15 is 0 Å². The minimum Gasteiger partial charge on any atom is -0.484 e. The Morgan fingerprint density at radius 1 is 1.29 bits per heavy atom. The Bertz CT molecular complexity index is 767. The average Bonchev–Trinajstić information content (AvgIpc) is 2.96. The van der Waals surface area contributed by atoms with Gasteiger partial charge >= 0.3 is 0 Å². The highest BCUT2D eigenvalue weighted by Crippen LogP contribution is 2.42. The van der Waals surface area contributed by atoms with Crippen LogP contribution in [0.15, 0.2) is 48.5 Å². The lowest BCUT2D eigenvalue weighted by molar-refractivity contribution is -0.120. The molecule has 1 heterocycles. The Kier molecular flexibility index (Phi) is 4.97. The van der Waals surface area contributed by atoms with E-state index in [1.54, 1.807) is 34.9 Å². The monoisotopic (exact) mass is 362 g/mol. The summed E-state index contributed by atoms with van der Waals surface area (Å²) in [5.41, 5.74) is 6.81. The molecule has 5 nitrogen and oxygen atoms in total. The fraction of sp³-hybridized carbons (Fsp3) is 0.176. The van der Waals surface area contributed by atoms with E-state index in [4.69, 9.17) is 22.1 Å². The summed E-state index contributed by atoms with van der Waals surface area (Å²) < 4.78 is 5.35. The number of thioether (sulfide) groups is 1. The van der Waals surface area contributed by atoms with Crippen LogP contribution in [-0.2, 0) is 9.59 Å². The summed E-state index contributed by atoms with van der Waals surface area (Å²) in [6.45, 7) is -0.179. The van der Waals surface area contributed by atoms with Crippen molar-refractivity contribution in [2.75, 3.05) is 17.3 Å². The van der Waals surface area contributed by atoms with Gasteiger partial charge in [0.25, 0.3) is 5.91 Å². The first-order chi connectivity index (χ1) is 11.5. The lowest BCUT2D eigenvalue weighted by Crippen LogP contribution is -2.27. The Balaban J connectivity index is 1.87. The second-order valence-electron chi connectivity index (χ2n) is 5.23. The van der Waals surface area contributed by atoms with E-state index in [1.165, 1.54) is 0 Å². The molecular weight excluding hydrogens is 348 g/mol. The number of halogens is 1. The summed E-state index contributed by atoms with van der Waals surface area (Å²) in [6.07, 6.45) is 0. The number of primary amides is 1. The van der Waals surface area contributed by atoms with Gasteiger partial charge in [-0.3, -0.25) is 14.5 Å². The number of nitrogens with zero attached hydrogens (tertiary/aromatic N) is 1. The molecule has 7 heteroatoms. The molecule has 2 aromatic rings. The van der Waals surface area contributed by atoms with Gasteiger partial charge < -0.3 is 10.5 Å². The number of hydrogen-bond acceptors (Lipinski definition) is 4. The van der Waals surface area contributed by atoms with Crippen LogP contribution in [0.25, 0.3) is 0 Å². The third kappa shape index (κ3) is 3.66. The Morgan fingerprint density at radius 3 is 2.75 bits per heavy atom. The van der Waals surface area contributed by atoms with Crippen molar-refractivity contribution in [2.24, 2.45) is 5.73 Å². The predicted molar refractivity (Wildman–Crippen MR) is 95.3 cm³/mol. The zero-order valence-corrected chi connectivity index (χ0v) is 14.2. The number of amides is 2. The molecule has 1 fully saturated rings. The van der Waals surface area contributed by atoms with Gasteiger partial charge in [0, 0.05) is 10.7 Å². The second kappa shape index (κ2) is 7.15. The molecule has 0 aliphatic carbocycles. The van der Waals surface area contributed by atoms with Gasteiger partial charge in [0.05, 0.1) is 5.75 Å². The van der Waals surface area contributed by atoms with Gasteiger partial charge in [-0.25, -0.2) is 0 Å². The summed E-state index contributed by atoms with van der Waals surface area (Å²) in [6, 6.07) is 14.5. The first-order valence-electron chi connectivity index (χ1n) is 7.25. The van der Waals surface area contributed by atoms with E-state index in [9.17, 15) is 9.59 Å². The van der Waals surface area contributed by atoms with Gasteiger partial charge in [-0.2, -0.15) is 0 Å². The molecule has 0 aromatic heterocycles. The molecule has 0 spiro atoms. The number of rotatable bonds is 5. The average molecular weight is 363 g/mol. The zero-order valence-electron chi connectivity index (χ0n) is 12.6. The zero-order chi connectivity index (χ0) is 17.1. The van der Waals surface area contributed by atoms with Crippen molar-refractivity contribution >= 4 is 40.9 Å². The van der Waals surface area contributed by atoms with Crippen LogP contribution in [0.5, 0.6) is 5.75 Å². The minimum absolute atomic E-state index is 0.0378. The quantitative estimate of drug-likeness (QED) is 0.887. The molecule has 0 unspecified atom stereocenters. The van der Waals surface area contributed by atoms with E-state index < -0.39 is 5.91 Å². The van der Waals surface area contributed by atoms with Gasteiger partial charge in [0.2, 0.25) is 5.91 Å². The first kappa shape index (κ1) is 16.7. The molecule has 0 radical (unpaired) electrons. The molecule has 1 aliphatic heterocycles. The van der Waals surface area contributed by atoms with Crippen molar-refractivity contribution in [3.63, 3.8) is 0 Å². The molecule has 0 saturated carbocycles. The summed E-state index contributed by atoms with van der Waals surface area (Å²) in [4.78, 5) is 24.9. The molecule has 2 aromatic carbocycles. The number of hydrogen-bond donors (Lipinski definition) is 1. The highest BCUT2D eigenvalue weighted by atomic mass is 35.5. The van der Waals surface area contributed by atoms with Crippen LogP contribution in [0.2, 0.25) is 5.02 Å². The molecule has 1 saturated heterocycles. The highest BCUT2D eigenvalue weighted by molar-refractivity contribution is 8.00. The Labute approximate surface area is 148 Å². The first-order valence-corrected chi connectivity index (χ1v) is 8.67. The topological polar surface area (TPSA) is 72.6 Å². The molecule has 2 amide bonds. The van der Waals surface area contributed by atoms with Gasteiger partial charge in [0.1, 0.15) is 11.1 Å². The van der Waals surface area contributed by atoms with E-state index in [-0.39, 0.29) is 17.9 Å². The molecule has 2 N–H and O–H groups in total. The van der Waals surface area contributed by atoms with E-state index in [0.717, 1.165) is 11.3 Å². The Morgan fingerprint density at radius 2 is 2.04 bits per heavy atom. The molecule has 3 rings (SSSR count). The fourth-order valence-electron chi connectivity index (χ4n) is 2.46. The molecular formula is C17H15ClN2O3S. The van der Waals surface area contributed by atoms with Crippen LogP contribution in [0, 0.1) is 0 Å². The van der Waals surface area contributed by atoms with Crippen LogP contribution >= 0.6 is 23.4 Å². The van der Waals surface area contributed by atoms with E-state index in [0.29, 0.717) is 16.5 Å². The van der Waals surface area contributed by atoms with Crippen LogP contribution < -0.4 is 15.4 Å². The van der Waals surface area contributed by atoms with Crippen molar-refractivity contribution in [3.05, 3.63) is 59.1 Å². The van der Waals surface area contributed by atoms with Crippen LogP contribution in [-0.4, -0.2) is 24.2 Å². The summed E-state index contributed by atoms with van der Waals surface area (Å²) in [5.74, 6) is 0.450. The van der Waals surface area contributed by atoms with Crippen LogP contribution in [0.4, 0.5) is 5.69 Å². The van der Waals surface area contributed by atoms with Crippen molar-refractivity contribution in [1.29, 1.82) is 0 Å². The maximum atomic E-state index is 12.3. The number of nitrogens with two attached hydrogens (primary N) is 1. The maximum Gasteiger partial charge on any atom is 0.255 e. The number of anilines is 1. The van der Waals surface area contributed by atoms with Gasteiger partial charge in [0.15, 0.2) is 6.61 Å². The standard InChI is InChI=1S/C17H15ClN2O3S/c18-12-4-6-13(7-5-12)20-16(22)10-24-17(20)11-2-1-3-14(8-11)23-9-15(19)21/h1-8,17H,9-10H2,(H2,19,21)/t17-/m1/s1. The third-order valence-electron chi connectivity index (χ3n) is 3.50. The van der Waals surface area contributed by atoms with Gasteiger partial charge in [-0.05, 0) is 42.0 Å². The van der Waals surface area contributed by atoms with E-state index in [1.807, 2.05) is 30.3 Å². The number of carbonyl (C=O) groups is 2. The largest absolute Gasteiger partial charge is 0.484 e.